The number of carbonyl (C=O) groups is 1. The third-order valence-corrected chi connectivity index (χ3v) is 6.04. The topological polar surface area (TPSA) is 75.3 Å². The van der Waals surface area contributed by atoms with E-state index < -0.39 is 38.4 Å². The molecule has 0 radical (unpaired) electrons. The smallest absolute Gasteiger partial charge is 0.319 e. The third kappa shape index (κ3) is 5.50. The molecule has 168 valence electrons. The summed E-state index contributed by atoms with van der Waals surface area (Å²) in [5, 5.41) is 2.58. The van der Waals surface area contributed by atoms with E-state index in [1.165, 1.54) is 18.2 Å². The largest absolute Gasteiger partial charge is 0.416 e. The standard InChI is InChI=1S/C20H12Cl2F4N2O3S/c21-12-4-6-15(16(22)9-12)19(29)27-18-7-5-14(10-17(18)23)32(30,31)28-13-3-1-2-11(8-13)20(24,25)26/h1-10,28H,(H,27,29). The molecule has 0 fully saturated rings. The van der Waals surface area contributed by atoms with Gasteiger partial charge in [0.15, 0.2) is 0 Å². The quantitative estimate of drug-likeness (QED) is 0.404. The average molecular weight is 507 g/mol. The molecule has 0 atom stereocenters. The first kappa shape index (κ1) is 23.8. The van der Waals surface area contributed by atoms with Crippen molar-refractivity contribution in [3.63, 3.8) is 0 Å². The van der Waals surface area contributed by atoms with E-state index >= 15 is 0 Å². The molecule has 3 aromatic carbocycles. The van der Waals surface area contributed by atoms with Gasteiger partial charge in [-0.15, -0.1) is 0 Å². The van der Waals surface area contributed by atoms with Crippen molar-refractivity contribution in [1.29, 1.82) is 0 Å². The maximum Gasteiger partial charge on any atom is 0.416 e. The lowest BCUT2D eigenvalue weighted by atomic mass is 10.2. The first-order valence-corrected chi connectivity index (χ1v) is 10.9. The number of carbonyl (C=O) groups excluding carboxylic acids is 1. The van der Waals surface area contributed by atoms with Crippen LogP contribution in [0.5, 0.6) is 0 Å². The summed E-state index contributed by atoms with van der Waals surface area (Å²) in [6, 6.07) is 10.2. The van der Waals surface area contributed by atoms with Gasteiger partial charge in [0.2, 0.25) is 0 Å². The number of sulfonamides is 1. The molecule has 0 spiro atoms. The second-order valence-corrected chi connectivity index (χ2v) is 8.93. The average Bonchev–Trinajstić information content (AvgIpc) is 2.68. The Morgan fingerprint density at radius 3 is 2.28 bits per heavy atom. The molecule has 0 aliphatic rings. The van der Waals surface area contributed by atoms with E-state index in [-0.39, 0.29) is 22.0 Å². The molecule has 2 N–H and O–H groups in total. The van der Waals surface area contributed by atoms with E-state index in [1.807, 2.05) is 4.72 Å². The fourth-order valence-electron chi connectivity index (χ4n) is 2.60. The van der Waals surface area contributed by atoms with Crippen LogP contribution in [0.1, 0.15) is 15.9 Å². The summed E-state index contributed by atoms with van der Waals surface area (Å²) in [5.41, 5.74) is -1.73. The first-order valence-electron chi connectivity index (χ1n) is 8.63. The zero-order valence-corrected chi connectivity index (χ0v) is 18.0. The van der Waals surface area contributed by atoms with Gasteiger partial charge < -0.3 is 5.32 Å². The third-order valence-electron chi connectivity index (χ3n) is 4.12. The lowest BCUT2D eigenvalue weighted by Crippen LogP contribution is -2.16. The molecule has 0 bridgehead atoms. The normalized spacial score (nSPS) is 11.8. The predicted molar refractivity (Wildman–Crippen MR) is 113 cm³/mol. The van der Waals surface area contributed by atoms with Gasteiger partial charge in [-0.25, -0.2) is 12.8 Å². The van der Waals surface area contributed by atoms with E-state index in [1.54, 1.807) is 0 Å². The zero-order valence-electron chi connectivity index (χ0n) is 15.7. The monoisotopic (exact) mass is 506 g/mol. The molecule has 3 rings (SSSR count). The van der Waals surface area contributed by atoms with Crippen molar-refractivity contribution in [1.82, 2.24) is 0 Å². The number of amides is 1. The van der Waals surface area contributed by atoms with Crippen LogP contribution in [0.3, 0.4) is 0 Å². The molecule has 3 aromatic rings. The number of rotatable bonds is 5. The highest BCUT2D eigenvalue weighted by Crippen LogP contribution is 2.31. The summed E-state index contributed by atoms with van der Waals surface area (Å²) in [6.07, 6.45) is -4.67. The number of anilines is 2. The van der Waals surface area contributed by atoms with Gasteiger partial charge in [0, 0.05) is 10.7 Å². The molecule has 12 heteroatoms. The Labute approximate surface area is 190 Å². The van der Waals surface area contributed by atoms with Crippen LogP contribution in [-0.4, -0.2) is 14.3 Å². The van der Waals surface area contributed by atoms with Gasteiger partial charge in [0.05, 0.1) is 26.7 Å². The minimum absolute atomic E-state index is 0.0124. The number of hydrogen-bond acceptors (Lipinski definition) is 3. The van der Waals surface area contributed by atoms with Crippen molar-refractivity contribution >= 4 is 50.5 Å². The number of alkyl halides is 3. The molecule has 0 aliphatic heterocycles. The second kappa shape index (κ2) is 8.97. The molecule has 0 aliphatic carbocycles. The maximum atomic E-state index is 14.5. The van der Waals surface area contributed by atoms with Crippen LogP contribution in [0.25, 0.3) is 0 Å². The highest BCUT2D eigenvalue weighted by molar-refractivity contribution is 7.92. The molecule has 32 heavy (non-hydrogen) atoms. The fraction of sp³-hybridized carbons (Fsp3) is 0.0500. The number of hydrogen-bond donors (Lipinski definition) is 2. The van der Waals surface area contributed by atoms with E-state index in [2.05, 4.69) is 5.32 Å². The molecular formula is C20H12Cl2F4N2O3S. The van der Waals surface area contributed by atoms with Gasteiger partial charge in [0.25, 0.3) is 15.9 Å². The zero-order chi connectivity index (χ0) is 23.7. The summed E-state index contributed by atoms with van der Waals surface area (Å²) < 4.78 is 79.8. The Morgan fingerprint density at radius 1 is 0.938 bits per heavy atom. The summed E-state index contributed by atoms with van der Waals surface area (Å²) >= 11 is 11.7. The van der Waals surface area contributed by atoms with Gasteiger partial charge in [-0.1, -0.05) is 29.3 Å². The van der Waals surface area contributed by atoms with Crippen molar-refractivity contribution in [2.24, 2.45) is 0 Å². The molecular weight excluding hydrogens is 495 g/mol. The molecule has 0 unspecified atom stereocenters. The van der Waals surface area contributed by atoms with Gasteiger partial charge in [-0.05, 0) is 54.6 Å². The molecule has 1 amide bonds. The van der Waals surface area contributed by atoms with Crippen molar-refractivity contribution in [3.05, 3.63) is 87.7 Å². The molecule has 0 saturated heterocycles. The summed E-state index contributed by atoms with van der Waals surface area (Å²) in [7, 11) is -4.41. The number of nitrogens with one attached hydrogen (secondary N) is 2. The van der Waals surface area contributed by atoms with Gasteiger partial charge >= 0.3 is 6.18 Å². The Balaban J connectivity index is 1.81. The van der Waals surface area contributed by atoms with E-state index in [9.17, 15) is 30.8 Å². The predicted octanol–water partition coefficient (Wildman–Crippen LogP) is 6.20. The summed E-state index contributed by atoms with van der Waals surface area (Å²) in [5.74, 6) is -1.85. The van der Waals surface area contributed by atoms with Crippen LogP contribution < -0.4 is 10.0 Å². The Bertz CT molecular complexity index is 1300. The highest BCUT2D eigenvalue weighted by atomic mass is 35.5. The van der Waals surface area contributed by atoms with Gasteiger partial charge in [-0.3, -0.25) is 9.52 Å². The van der Waals surface area contributed by atoms with Crippen molar-refractivity contribution in [2.45, 2.75) is 11.1 Å². The number of benzene rings is 3. The summed E-state index contributed by atoms with van der Waals surface area (Å²) in [6.45, 7) is 0. The molecule has 5 nitrogen and oxygen atoms in total. The fourth-order valence-corrected chi connectivity index (χ4v) is 4.16. The SMILES string of the molecule is O=C(Nc1ccc(S(=O)(=O)Nc2cccc(C(F)(F)F)c2)cc1F)c1ccc(Cl)cc1Cl. The number of halogens is 6. The van der Waals surface area contributed by atoms with Crippen LogP contribution in [0.15, 0.2) is 65.6 Å². The van der Waals surface area contributed by atoms with Crippen LogP contribution in [0.2, 0.25) is 10.0 Å². The lowest BCUT2D eigenvalue weighted by molar-refractivity contribution is -0.137. The van der Waals surface area contributed by atoms with Crippen molar-refractivity contribution < 1.29 is 30.8 Å². The van der Waals surface area contributed by atoms with Crippen LogP contribution in [0, 0.1) is 5.82 Å². The molecule has 0 saturated carbocycles. The van der Waals surface area contributed by atoms with Gasteiger partial charge in [-0.2, -0.15) is 13.2 Å². The Kier molecular flexibility index (Phi) is 6.68. The lowest BCUT2D eigenvalue weighted by Gasteiger charge is -2.12. The Morgan fingerprint density at radius 2 is 1.66 bits per heavy atom. The second-order valence-electron chi connectivity index (χ2n) is 6.40. The highest BCUT2D eigenvalue weighted by Gasteiger charge is 2.30. The van der Waals surface area contributed by atoms with Crippen LogP contribution in [-0.2, 0) is 16.2 Å². The summed E-state index contributed by atoms with van der Waals surface area (Å²) in [4.78, 5) is 11.7. The minimum atomic E-state index is -4.67. The minimum Gasteiger partial charge on any atom is -0.319 e. The molecule has 0 heterocycles. The van der Waals surface area contributed by atoms with Gasteiger partial charge in [0.1, 0.15) is 5.82 Å². The van der Waals surface area contributed by atoms with Crippen molar-refractivity contribution in [3.8, 4) is 0 Å². The molecule has 0 aromatic heterocycles. The maximum absolute atomic E-state index is 14.5. The van der Waals surface area contributed by atoms with Crippen LogP contribution >= 0.6 is 23.2 Å². The first-order chi connectivity index (χ1) is 14.9. The Hall–Kier alpha value is -2.82. The van der Waals surface area contributed by atoms with E-state index in [0.717, 1.165) is 30.3 Å². The van der Waals surface area contributed by atoms with Crippen molar-refractivity contribution in [2.75, 3.05) is 10.0 Å². The van der Waals surface area contributed by atoms with E-state index in [4.69, 9.17) is 23.2 Å². The van der Waals surface area contributed by atoms with E-state index in [0.29, 0.717) is 17.2 Å². The van der Waals surface area contributed by atoms with Crippen LogP contribution in [0.4, 0.5) is 28.9 Å².